The molecule has 0 saturated carbocycles. The number of aromatic hydroxyl groups is 1. The minimum Gasteiger partial charge on any atom is -0.507 e. The van der Waals surface area contributed by atoms with Crippen LogP contribution in [0.2, 0.25) is 5.02 Å². The number of hydrogen-bond donors (Lipinski definition) is 2. The number of phenolic OH excluding ortho intramolecular Hbond substituents is 1. The zero-order valence-corrected chi connectivity index (χ0v) is 20.3. The number of halogens is 2. The molecule has 2 aliphatic rings. The number of aliphatic hydroxyl groups excluding tert-OH is 1. The summed E-state index contributed by atoms with van der Waals surface area (Å²) in [5.74, 6) is -2.18. The highest BCUT2D eigenvalue weighted by atomic mass is 35.5. The van der Waals surface area contributed by atoms with Gasteiger partial charge in [0.1, 0.15) is 24.8 Å². The Hall–Kier alpha value is -4.24. The normalized spacial score (nSPS) is 18.2. The van der Waals surface area contributed by atoms with Crippen LogP contribution in [0, 0.1) is 5.82 Å². The van der Waals surface area contributed by atoms with E-state index in [9.17, 15) is 24.2 Å². The van der Waals surface area contributed by atoms with Crippen LogP contribution in [0.15, 0.2) is 60.2 Å². The summed E-state index contributed by atoms with van der Waals surface area (Å²) in [7, 11) is 0. The fourth-order valence-corrected chi connectivity index (χ4v) is 4.54. The van der Waals surface area contributed by atoms with E-state index in [1.807, 2.05) is 0 Å². The number of rotatable bonds is 5. The van der Waals surface area contributed by atoms with Crippen molar-refractivity contribution in [3.63, 3.8) is 0 Å². The minimum absolute atomic E-state index is 0.127. The highest BCUT2D eigenvalue weighted by Crippen LogP contribution is 2.45. The van der Waals surface area contributed by atoms with E-state index in [0.29, 0.717) is 30.3 Å². The maximum absolute atomic E-state index is 13.9. The molecule has 5 rings (SSSR count). The van der Waals surface area contributed by atoms with Gasteiger partial charge in [0, 0.05) is 11.3 Å². The number of carbonyl (C=O) groups is 2. The predicted molar refractivity (Wildman–Crippen MR) is 133 cm³/mol. The molecule has 1 fully saturated rings. The third-order valence-electron chi connectivity index (χ3n) is 6.04. The quantitative estimate of drug-likeness (QED) is 0.275. The first kappa shape index (κ1) is 24.5. The zero-order chi connectivity index (χ0) is 26.3. The highest BCUT2D eigenvalue weighted by Gasteiger charge is 2.47. The lowest BCUT2D eigenvalue weighted by molar-refractivity contribution is -0.132. The number of aliphatic hydroxyl groups is 1. The number of phenols is 1. The lowest BCUT2D eigenvalue weighted by Crippen LogP contribution is -2.29. The van der Waals surface area contributed by atoms with Crippen LogP contribution in [0.1, 0.15) is 24.1 Å². The molecule has 1 atom stereocenters. The summed E-state index contributed by atoms with van der Waals surface area (Å²) in [4.78, 5) is 27.8. The second kappa shape index (κ2) is 9.67. The number of fused-ring (bicyclic) bond motifs is 1. The molecule has 190 valence electrons. The van der Waals surface area contributed by atoms with Crippen molar-refractivity contribution in [1.29, 1.82) is 0 Å². The topological polar surface area (TPSA) is 106 Å². The van der Waals surface area contributed by atoms with Gasteiger partial charge in [-0.3, -0.25) is 14.5 Å². The van der Waals surface area contributed by atoms with Crippen molar-refractivity contribution in [2.24, 2.45) is 0 Å². The van der Waals surface area contributed by atoms with Crippen molar-refractivity contribution in [3.05, 3.63) is 82.1 Å². The molecule has 2 N–H and O–H groups in total. The van der Waals surface area contributed by atoms with Gasteiger partial charge in [0.25, 0.3) is 11.7 Å². The van der Waals surface area contributed by atoms with Gasteiger partial charge in [-0.2, -0.15) is 0 Å². The Morgan fingerprint density at radius 3 is 2.57 bits per heavy atom. The van der Waals surface area contributed by atoms with Crippen LogP contribution >= 0.6 is 11.6 Å². The Kier molecular flexibility index (Phi) is 6.39. The van der Waals surface area contributed by atoms with Crippen molar-refractivity contribution >= 4 is 34.7 Å². The molecule has 1 amide bonds. The molecule has 0 aromatic heterocycles. The molecule has 0 spiro atoms. The molecule has 0 aliphatic carbocycles. The van der Waals surface area contributed by atoms with E-state index in [1.165, 1.54) is 36.4 Å². The lowest BCUT2D eigenvalue weighted by Gasteiger charge is -2.26. The summed E-state index contributed by atoms with van der Waals surface area (Å²) in [6.45, 7) is 2.69. The van der Waals surface area contributed by atoms with Crippen molar-refractivity contribution in [2.45, 2.75) is 13.0 Å². The summed E-state index contributed by atoms with van der Waals surface area (Å²) in [6.07, 6.45) is 0. The standard InChI is InChI=1S/C27H21ClFNO7/c1-2-35-21-11-14(3-7-19(21)31)24-23(25(32)15-4-8-20-22(12-15)37-10-9-36-20)26(33)27(34)30(24)16-5-6-18(29)17(28)13-16/h3-8,11-13,24,31-32H,2,9-10H2,1H3/b25-23+. The van der Waals surface area contributed by atoms with Crippen molar-refractivity contribution in [3.8, 4) is 23.0 Å². The summed E-state index contributed by atoms with van der Waals surface area (Å²) < 4.78 is 30.5. The molecule has 37 heavy (non-hydrogen) atoms. The number of amides is 1. The first-order valence-electron chi connectivity index (χ1n) is 11.4. The van der Waals surface area contributed by atoms with Crippen LogP contribution in [-0.4, -0.2) is 41.7 Å². The predicted octanol–water partition coefficient (Wildman–Crippen LogP) is 4.98. The Morgan fingerprint density at radius 1 is 1.08 bits per heavy atom. The van der Waals surface area contributed by atoms with Gasteiger partial charge in [-0.15, -0.1) is 0 Å². The molecule has 2 heterocycles. The number of carbonyl (C=O) groups excluding carboxylic acids is 2. The third kappa shape index (κ3) is 4.31. The maximum Gasteiger partial charge on any atom is 0.300 e. The number of anilines is 1. The smallest absolute Gasteiger partial charge is 0.300 e. The number of nitrogens with zero attached hydrogens (tertiary/aromatic N) is 1. The Labute approximate surface area is 216 Å². The van der Waals surface area contributed by atoms with Crippen LogP contribution in [0.25, 0.3) is 5.76 Å². The monoisotopic (exact) mass is 525 g/mol. The Morgan fingerprint density at radius 2 is 1.84 bits per heavy atom. The molecule has 3 aromatic carbocycles. The van der Waals surface area contributed by atoms with Crippen LogP contribution in [0.4, 0.5) is 10.1 Å². The second-order valence-corrected chi connectivity index (χ2v) is 8.69. The van der Waals surface area contributed by atoms with Crippen LogP contribution < -0.4 is 19.1 Å². The molecular formula is C27H21ClFNO7. The molecule has 0 radical (unpaired) electrons. The maximum atomic E-state index is 13.9. The van der Waals surface area contributed by atoms with E-state index in [1.54, 1.807) is 19.1 Å². The average molecular weight is 526 g/mol. The fourth-order valence-electron chi connectivity index (χ4n) is 4.37. The van der Waals surface area contributed by atoms with E-state index < -0.39 is 29.3 Å². The SMILES string of the molecule is CCOc1cc(C2/C(=C(\O)c3ccc4c(c3)OCCO4)C(=O)C(=O)N2c2ccc(F)c(Cl)c2)ccc1O. The van der Waals surface area contributed by atoms with E-state index in [2.05, 4.69) is 0 Å². The van der Waals surface area contributed by atoms with Crippen LogP contribution in [0.5, 0.6) is 23.0 Å². The van der Waals surface area contributed by atoms with Gasteiger partial charge in [-0.05, 0) is 61.0 Å². The molecule has 10 heteroatoms. The zero-order valence-electron chi connectivity index (χ0n) is 19.5. The highest BCUT2D eigenvalue weighted by molar-refractivity contribution is 6.51. The summed E-state index contributed by atoms with van der Waals surface area (Å²) in [5, 5.41) is 21.3. The second-order valence-electron chi connectivity index (χ2n) is 8.29. The number of hydrogen-bond acceptors (Lipinski definition) is 7. The number of ketones is 1. The molecule has 2 aliphatic heterocycles. The molecule has 8 nitrogen and oxygen atoms in total. The number of Topliss-reactive ketones (excluding diaryl/α,β-unsaturated/α-hetero) is 1. The van der Waals surface area contributed by atoms with Gasteiger partial charge >= 0.3 is 0 Å². The first-order chi connectivity index (χ1) is 17.8. The fraction of sp³-hybridized carbons (Fsp3) is 0.185. The van der Waals surface area contributed by atoms with Crippen molar-refractivity contribution in [2.75, 3.05) is 24.7 Å². The number of ether oxygens (including phenoxy) is 3. The van der Waals surface area contributed by atoms with E-state index in [4.69, 9.17) is 25.8 Å². The minimum atomic E-state index is -1.14. The molecular weight excluding hydrogens is 505 g/mol. The van der Waals surface area contributed by atoms with Gasteiger partial charge in [0.05, 0.1) is 23.2 Å². The van der Waals surface area contributed by atoms with Crippen LogP contribution in [0.3, 0.4) is 0 Å². The summed E-state index contributed by atoms with van der Waals surface area (Å²) in [6, 6.07) is 11.5. The molecule has 1 saturated heterocycles. The van der Waals surface area contributed by atoms with Crippen LogP contribution in [-0.2, 0) is 9.59 Å². The van der Waals surface area contributed by atoms with Gasteiger partial charge in [0.2, 0.25) is 0 Å². The van der Waals surface area contributed by atoms with E-state index >= 15 is 0 Å². The number of benzene rings is 3. The molecule has 1 unspecified atom stereocenters. The summed E-state index contributed by atoms with van der Waals surface area (Å²) in [5.41, 5.74) is 0.522. The third-order valence-corrected chi connectivity index (χ3v) is 6.33. The summed E-state index contributed by atoms with van der Waals surface area (Å²) >= 11 is 5.98. The Balaban J connectivity index is 1.71. The Bertz CT molecular complexity index is 1450. The molecule has 0 bridgehead atoms. The van der Waals surface area contributed by atoms with Crippen molar-refractivity contribution in [1.82, 2.24) is 0 Å². The molecule has 3 aromatic rings. The van der Waals surface area contributed by atoms with E-state index in [0.717, 1.165) is 11.0 Å². The van der Waals surface area contributed by atoms with Gasteiger partial charge in [0.15, 0.2) is 23.0 Å². The van der Waals surface area contributed by atoms with Gasteiger partial charge in [-0.1, -0.05) is 17.7 Å². The largest absolute Gasteiger partial charge is 0.507 e. The van der Waals surface area contributed by atoms with Crippen molar-refractivity contribution < 1.29 is 38.4 Å². The van der Waals surface area contributed by atoms with Gasteiger partial charge < -0.3 is 24.4 Å². The first-order valence-corrected chi connectivity index (χ1v) is 11.8. The van der Waals surface area contributed by atoms with E-state index in [-0.39, 0.29) is 40.0 Å². The van der Waals surface area contributed by atoms with Gasteiger partial charge in [-0.25, -0.2) is 4.39 Å². The lowest BCUT2D eigenvalue weighted by atomic mass is 9.94. The average Bonchev–Trinajstić information content (AvgIpc) is 3.16.